The molecule has 9 heteroatoms. The molecule has 1 fully saturated rings. The zero-order valence-electron chi connectivity index (χ0n) is 18.1. The average Bonchev–Trinajstić information content (AvgIpc) is 2.72. The Morgan fingerprint density at radius 1 is 0.967 bits per heavy atom. The minimum Gasteiger partial charge on any atom is -0.466 e. The lowest BCUT2D eigenvalue weighted by atomic mass is 10.2. The van der Waals surface area contributed by atoms with Crippen molar-refractivity contribution >= 4 is 29.4 Å². The van der Waals surface area contributed by atoms with Gasteiger partial charge in [0, 0.05) is 37.6 Å². The van der Waals surface area contributed by atoms with Gasteiger partial charge < -0.3 is 29.3 Å². The summed E-state index contributed by atoms with van der Waals surface area (Å²) in [6, 6.07) is 7.39. The Bertz CT molecular complexity index is 790. The first kappa shape index (κ1) is 23.1. The number of rotatable bonds is 5. The average molecular weight is 419 g/mol. The molecule has 1 aromatic rings. The highest BCUT2D eigenvalue weighted by molar-refractivity contribution is 5.98. The number of carbonyl (C=O) groups excluding carboxylic acids is 3. The lowest BCUT2D eigenvalue weighted by Gasteiger charge is -2.36. The molecule has 1 aliphatic heterocycles. The number of hydrogen-bond acceptors (Lipinski definition) is 8. The molecule has 164 valence electrons. The molecule has 0 aromatic heterocycles. The van der Waals surface area contributed by atoms with E-state index in [4.69, 9.17) is 4.74 Å². The van der Waals surface area contributed by atoms with Crippen LogP contribution in [-0.2, 0) is 23.8 Å². The van der Waals surface area contributed by atoms with Crippen molar-refractivity contribution in [2.24, 2.45) is 0 Å². The summed E-state index contributed by atoms with van der Waals surface area (Å²) in [6.45, 7) is 8.06. The van der Waals surface area contributed by atoms with Gasteiger partial charge in [-0.2, -0.15) is 0 Å². The second-order valence-electron chi connectivity index (χ2n) is 7.70. The number of esters is 2. The summed E-state index contributed by atoms with van der Waals surface area (Å²) in [5.74, 6) is -1.34. The van der Waals surface area contributed by atoms with Gasteiger partial charge >= 0.3 is 18.0 Å². The predicted octanol–water partition coefficient (Wildman–Crippen LogP) is 2.39. The molecule has 0 unspecified atom stereocenters. The summed E-state index contributed by atoms with van der Waals surface area (Å²) in [5, 5.41) is 2.87. The highest BCUT2D eigenvalue weighted by Crippen LogP contribution is 2.21. The summed E-state index contributed by atoms with van der Waals surface area (Å²) in [4.78, 5) is 39.3. The fourth-order valence-electron chi connectivity index (χ4n) is 2.82. The Labute approximate surface area is 176 Å². The number of anilines is 2. The number of hydrogen-bond donors (Lipinski definition) is 1. The maximum atomic E-state index is 12.2. The van der Waals surface area contributed by atoms with Gasteiger partial charge in [-0.15, -0.1) is 0 Å². The van der Waals surface area contributed by atoms with Crippen LogP contribution in [0.25, 0.3) is 0 Å². The quantitative estimate of drug-likeness (QED) is 0.441. The third-order valence-corrected chi connectivity index (χ3v) is 4.31. The van der Waals surface area contributed by atoms with E-state index in [-0.39, 0.29) is 11.8 Å². The molecule has 0 atom stereocenters. The van der Waals surface area contributed by atoms with Crippen molar-refractivity contribution in [1.82, 2.24) is 4.90 Å². The van der Waals surface area contributed by atoms with Crippen LogP contribution in [0.2, 0.25) is 0 Å². The molecular weight excluding hydrogens is 390 g/mol. The Kier molecular flexibility index (Phi) is 7.68. The smallest absolute Gasteiger partial charge is 0.410 e. The van der Waals surface area contributed by atoms with Gasteiger partial charge in [-0.25, -0.2) is 14.4 Å². The molecule has 1 aliphatic rings. The Morgan fingerprint density at radius 3 is 2.07 bits per heavy atom. The molecule has 0 aliphatic carbocycles. The Hall–Kier alpha value is -3.23. The van der Waals surface area contributed by atoms with Gasteiger partial charge in [0.25, 0.3) is 0 Å². The Balaban J connectivity index is 1.98. The van der Waals surface area contributed by atoms with Crippen LogP contribution in [0.3, 0.4) is 0 Å². The van der Waals surface area contributed by atoms with Gasteiger partial charge in [-0.3, -0.25) is 0 Å². The first-order valence-electron chi connectivity index (χ1n) is 9.61. The molecule has 30 heavy (non-hydrogen) atoms. The van der Waals surface area contributed by atoms with E-state index in [9.17, 15) is 14.4 Å². The molecule has 9 nitrogen and oxygen atoms in total. The van der Waals surface area contributed by atoms with E-state index in [0.717, 1.165) is 11.8 Å². The van der Waals surface area contributed by atoms with Crippen molar-refractivity contribution in [2.45, 2.75) is 26.4 Å². The Morgan fingerprint density at radius 2 is 1.57 bits per heavy atom. The summed E-state index contributed by atoms with van der Waals surface area (Å²) >= 11 is 0. The van der Waals surface area contributed by atoms with Crippen molar-refractivity contribution in [3.05, 3.63) is 36.0 Å². The number of amides is 1. The molecule has 1 heterocycles. The maximum Gasteiger partial charge on any atom is 0.410 e. The lowest BCUT2D eigenvalue weighted by molar-refractivity contribution is -0.138. The molecule has 1 amide bonds. The van der Waals surface area contributed by atoms with E-state index in [1.165, 1.54) is 14.2 Å². The number of nitrogens with one attached hydrogen (secondary N) is 1. The summed E-state index contributed by atoms with van der Waals surface area (Å²) < 4.78 is 14.7. The van der Waals surface area contributed by atoms with E-state index in [1.54, 1.807) is 17.0 Å². The molecule has 1 aromatic carbocycles. The second-order valence-corrected chi connectivity index (χ2v) is 7.70. The van der Waals surface area contributed by atoms with Gasteiger partial charge in [0.05, 0.1) is 20.3 Å². The van der Waals surface area contributed by atoms with Crippen molar-refractivity contribution < 1.29 is 28.6 Å². The fraction of sp³-hybridized carbons (Fsp3) is 0.476. The normalized spacial score (nSPS) is 14.8. The summed E-state index contributed by atoms with van der Waals surface area (Å²) in [6.07, 6.45) is 0.741. The molecule has 2 rings (SSSR count). The van der Waals surface area contributed by atoms with Crippen LogP contribution in [0, 0.1) is 0 Å². The van der Waals surface area contributed by atoms with Gasteiger partial charge in [-0.05, 0) is 45.0 Å². The molecule has 0 saturated carbocycles. The summed E-state index contributed by atoms with van der Waals surface area (Å²) in [5.41, 5.74) is 1.07. The topological polar surface area (TPSA) is 97.4 Å². The SMILES string of the molecule is COC(=O)/C=C(/Nc1ccc(N2CCN(C(=O)OC(C)(C)C)CC2)cc1)C(=O)OC. The van der Waals surface area contributed by atoms with Crippen molar-refractivity contribution in [2.75, 3.05) is 50.6 Å². The van der Waals surface area contributed by atoms with Crippen molar-refractivity contribution in [3.8, 4) is 0 Å². The van der Waals surface area contributed by atoms with Crippen LogP contribution < -0.4 is 10.2 Å². The minimum atomic E-state index is -0.678. The van der Waals surface area contributed by atoms with Crippen LogP contribution in [0.4, 0.5) is 16.2 Å². The third kappa shape index (κ3) is 6.68. The van der Waals surface area contributed by atoms with Crippen LogP contribution in [0.5, 0.6) is 0 Å². The largest absolute Gasteiger partial charge is 0.466 e. The van der Waals surface area contributed by atoms with E-state index in [1.807, 2.05) is 32.9 Å². The number of benzene rings is 1. The highest BCUT2D eigenvalue weighted by atomic mass is 16.6. The monoisotopic (exact) mass is 419 g/mol. The maximum absolute atomic E-state index is 12.2. The second kappa shape index (κ2) is 10.00. The highest BCUT2D eigenvalue weighted by Gasteiger charge is 2.26. The van der Waals surface area contributed by atoms with E-state index in [0.29, 0.717) is 31.9 Å². The van der Waals surface area contributed by atoms with Gasteiger partial charge in [0.2, 0.25) is 0 Å². The lowest BCUT2D eigenvalue weighted by Crippen LogP contribution is -2.50. The third-order valence-electron chi connectivity index (χ3n) is 4.31. The number of nitrogens with zero attached hydrogens (tertiary/aromatic N) is 2. The van der Waals surface area contributed by atoms with E-state index in [2.05, 4.69) is 19.7 Å². The van der Waals surface area contributed by atoms with Crippen LogP contribution in [0.1, 0.15) is 20.8 Å². The van der Waals surface area contributed by atoms with Crippen molar-refractivity contribution in [3.63, 3.8) is 0 Å². The van der Waals surface area contributed by atoms with Gasteiger partial charge in [0.1, 0.15) is 11.3 Å². The number of carbonyl (C=O) groups is 3. The van der Waals surface area contributed by atoms with Crippen LogP contribution in [0.15, 0.2) is 36.0 Å². The molecule has 1 saturated heterocycles. The van der Waals surface area contributed by atoms with Crippen LogP contribution >= 0.6 is 0 Å². The van der Waals surface area contributed by atoms with Gasteiger partial charge in [0.15, 0.2) is 0 Å². The first-order valence-corrected chi connectivity index (χ1v) is 9.61. The van der Waals surface area contributed by atoms with E-state index >= 15 is 0 Å². The minimum absolute atomic E-state index is 0.0249. The fourth-order valence-corrected chi connectivity index (χ4v) is 2.82. The summed E-state index contributed by atoms with van der Waals surface area (Å²) in [7, 11) is 2.46. The molecular formula is C21H29N3O6. The van der Waals surface area contributed by atoms with Crippen LogP contribution in [-0.4, -0.2) is 68.9 Å². The predicted molar refractivity (Wildman–Crippen MR) is 112 cm³/mol. The zero-order valence-corrected chi connectivity index (χ0v) is 18.1. The van der Waals surface area contributed by atoms with Gasteiger partial charge in [-0.1, -0.05) is 0 Å². The number of ether oxygens (including phenoxy) is 3. The first-order chi connectivity index (χ1) is 14.1. The molecule has 0 radical (unpaired) electrons. The number of piperazine rings is 1. The molecule has 0 bridgehead atoms. The van der Waals surface area contributed by atoms with E-state index < -0.39 is 17.5 Å². The standard InChI is InChI=1S/C21H29N3O6/c1-21(2,3)30-20(27)24-12-10-23(11-13-24)16-8-6-15(7-9-16)22-17(19(26)29-5)14-18(25)28-4/h6-9,14,22H,10-13H2,1-5H3/b17-14+. The number of methoxy groups -OCH3 is 2. The molecule has 0 spiro atoms. The van der Waals surface area contributed by atoms with Crippen molar-refractivity contribution in [1.29, 1.82) is 0 Å². The zero-order chi connectivity index (χ0) is 22.3. The molecule has 1 N–H and O–H groups in total.